The van der Waals surface area contributed by atoms with Crippen molar-refractivity contribution in [2.75, 3.05) is 6.54 Å². The van der Waals surface area contributed by atoms with Crippen molar-refractivity contribution in [2.45, 2.75) is 39.2 Å². The number of aryl methyl sites for hydroxylation is 1. The molecule has 5 N–H and O–H groups in total. The summed E-state index contributed by atoms with van der Waals surface area (Å²) in [6.45, 7) is 10.1. The zero-order valence-electron chi connectivity index (χ0n) is 16.3. The van der Waals surface area contributed by atoms with E-state index in [0.717, 1.165) is 31.4 Å². The number of carbonyl (C=O) groups is 2. The van der Waals surface area contributed by atoms with Gasteiger partial charge in [-0.1, -0.05) is 48.7 Å². The fourth-order valence-corrected chi connectivity index (χ4v) is 1.73. The van der Waals surface area contributed by atoms with Gasteiger partial charge >= 0.3 is 5.97 Å². The number of carboxylic acids is 1. The molecule has 0 heterocycles. The first-order valence-electron chi connectivity index (χ1n) is 8.58. The smallest absolute Gasteiger partial charge is 0.303 e. The Morgan fingerprint density at radius 1 is 1.29 bits per heavy atom. The molecule has 0 saturated heterocycles. The minimum Gasteiger partial charge on any atom is -0.483 e. The van der Waals surface area contributed by atoms with Gasteiger partial charge < -0.3 is 26.0 Å². The molecule has 0 spiro atoms. The first kappa shape index (κ1) is 26.8. The lowest BCUT2D eigenvalue weighted by Crippen LogP contribution is -2.12. The second-order valence-corrected chi connectivity index (χ2v) is 5.60. The number of aliphatic carboxylic acids is 1. The van der Waals surface area contributed by atoms with Crippen molar-refractivity contribution in [2.24, 2.45) is 5.73 Å². The van der Waals surface area contributed by atoms with Gasteiger partial charge in [0.2, 0.25) is 0 Å². The van der Waals surface area contributed by atoms with E-state index >= 15 is 0 Å². The van der Waals surface area contributed by atoms with Crippen molar-refractivity contribution in [3.05, 3.63) is 60.1 Å². The molecule has 0 saturated carbocycles. The highest BCUT2D eigenvalue weighted by atomic mass is 16.5. The van der Waals surface area contributed by atoms with Gasteiger partial charge in [0, 0.05) is 13.0 Å². The van der Waals surface area contributed by atoms with E-state index in [-0.39, 0.29) is 18.8 Å². The van der Waals surface area contributed by atoms with E-state index in [4.69, 9.17) is 31.9 Å². The number of terminal acetylenes is 1. The third kappa shape index (κ3) is 20.6. The van der Waals surface area contributed by atoms with E-state index in [9.17, 15) is 4.79 Å². The van der Waals surface area contributed by atoms with Gasteiger partial charge in [-0.15, -0.1) is 6.42 Å². The molecule has 28 heavy (non-hydrogen) atoms. The van der Waals surface area contributed by atoms with Crippen LogP contribution in [0, 0.1) is 19.3 Å². The van der Waals surface area contributed by atoms with Gasteiger partial charge in [0.15, 0.2) is 5.88 Å². The van der Waals surface area contributed by atoms with Crippen LogP contribution in [-0.2, 0) is 20.9 Å². The molecule has 0 amide bonds. The Hall–Kier alpha value is -3.40. The number of hydrogen-bond donors (Lipinski definition) is 4. The molecule has 0 aromatic heterocycles. The van der Waals surface area contributed by atoms with Crippen LogP contribution in [0.2, 0.25) is 0 Å². The van der Waals surface area contributed by atoms with Crippen LogP contribution in [0.4, 0.5) is 0 Å². The van der Waals surface area contributed by atoms with E-state index in [1.54, 1.807) is 0 Å². The van der Waals surface area contributed by atoms with Gasteiger partial charge in [0.25, 0.3) is 6.47 Å². The molecule has 154 valence electrons. The summed E-state index contributed by atoms with van der Waals surface area (Å²) in [5, 5.41) is 18.2. The number of benzene rings is 1. The van der Waals surface area contributed by atoms with Crippen LogP contribution >= 0.6 is 0 Å². The molecule has 0 aliphatic carbocycles. The molecule has 0 aliphatic rings. The number of carboxylic acid groups (broad SMARTS) is 2. The minimum absolute atomic E-state index is 0.246. The Labute approximate surface area is 166 Å². The molecule has 1 rings (SSSR count). The Bertz CT molecular complexity index is 633. The fourth-order valence-electron chi connectivity index (χ4n) is 1.73. The Morgan fingerprint density at radius 3 is 2.32 bits per heavy atom. The molecule has 0 atom stereocenters. The number of nitrogens with two attached hydrogens (primary N) is 1. The Morgan fingerprint density at radius 2 is 1.86 bits per heavy atom. The second kappa shape index (κ2) is 18.4. The van der Waals surface area contributed by atoms with E-state index in [1.165, 1.54) is 5.56 Å². The summed E-state index contributed by atoms with van der Waals surface area (Å²) in [5.74, 6) is 1.90. The topological polar surface area (TPSA) is 122 Å². The molecule has 0 bridgehead atoms. The molecular formula is C21H30N2O5. The molecule has 7 nitrogen and oxygen atoms in total. The molecule has 7 heteroatoms. The van der Waals surface area contributed by atoms with Crippen molar-refractivity contribution in [3.8, 4) is 12.3 Å². The summed E-state index contributed by atoms with van der Waals surface area (Å²) in [4.78, 5) is 18.5. The quantitative estimate of drug-likeness (QED) is 0.210. The normalized spacial score (nSPS) is 8.57. The van der Waals surface area contributed by atoms with Crippen molar-refractivity contribution >= 4 is 12.4 Å². The number of ether oxygens (including phenoxy) is 1. The third-order valence-corrected chi connectivity index (χ3v) is 3.12. The monoisotopic (exact) mass is 390 g/mol. The van der Waals surface area contributed by atoms with Crippen LogP contribution in [0.3, 0.4) is 0 Å². The summed E-state index contributed by atoms with van der Waals surface area (Å²) >= 11 is 0. The number of nitrogens with one attached hydrogen (secondary N) is 1. The standard InChI is InChI=1S/C10H15NO2.C10H13NO.CH2O2/c1-3-9(2)11-8-6-4-5-7-10(12)13;1-8-3-5-10(6-4-8)7-12-9(2)11;2-1-3/h1,11H,2,4-8H2,(H,12,13);3-6H,2,7,11H2,1H3;1H,(H,2,3). The van der Waals surface area contributed by atoms with Crippen LogP contribution in [0.1, 0.15) is 36.8 Å². The third-order valence-electron chi connectivity index (χ3n) is 3.12. The van der Waals surface area contributed by atoms with Gasteiger partial charge in [-0.25, -0.2) is 0 Å². The van der Waals surface area contributed by atoms with Crippen molar-refractivity contribution in [1.29, 1.82) is 0 Å². The Balaban J connectivity index is 0. The fraction of sp³-hybridized carbons (Fsp3) is 0.333. The second-order valence-electron chi connectivity index (χ2n) is 5.60. The minimum atomic E-state index is -0.735. The van der Waals surface area contributed by atoms with Crippen LogP contribution < -0.4 is 11.1 Å². The van der Waals surface area contributed by atoms with Crippen molar-refractivity contribution < 1.29 is 24.5 Å². The van der Waals surface area contributed by atoms with Crippen molar-refractivity contribution in [1.82, 2.24) is 5.32 Å². The highest BCUT2D eigenvalue weighted by molar-refractivity contribution is 5.66. The summed E-state index contributed by atoms with van der Waals surface area (Å²) in [7, 11) is 0. The van der Waals surface area contributed by atoms with E-state index < -0.39 is 5.97 Å². The average molecular weight is 390 g/mol. The molecule has 1 aromatic rings. The van der Waals surface area contributed by atoms with Gasteiger partial charge in [0.05, 0.1) is 5.70 Å². The lowest BCUT2D eigenvalue weighted by Gasteiger charge is -2.04. The van der Waals surface area contributed by atoms with Crippen LogP contribution in [-0.4, -0.2) is 29.2 Å². The number of unbranched alkanes of at least 4 members (excludes halogenated alkanes) is 2. The summed E-state index contributed by atoms with van der Waals surface area (Å²) in [6, 6.07) is 8.10. The van der Waals surface area contributed by atoms with Crippen molar-refractivity contribution in [3.63, 3.8) is 0 Å². The zero-order chi connectivity index (χ0) is 21.8. The van der Waals surface area contributed by atoms with Crippen LogP contribution in [0.15, 0.2) is 49.0 Å². The predicted molar refractivity (Wildman–Crippen MR) is 110 cm³/mol. The van der Waals surface area contributed by atoms with Gasteiger partial charge in [-0.05, 0) is 31.9 Å². The zero-order valence-corrected chi connectivity index (χ0v) is 16.3. The molecule has 0 aliphatic heterocycles. The largest absolute Gasteiger partial charge is 0.483 e. The van der Waals surface area contributed by atoms with Crippen LogP contribution in [0.5, 0.6) is 0 Å². The SMILES string of the molecule is C#CC(=C)NCCCCCC(=O)O.C=C(N)OCc1ccc(C)cc1.O=CO. The predicted octanol–water partition coefficient (Wildman–Crippen LogP) is 3.01. The maximum absolute atomic E-state index is 10.1. The highest BCUT2D eigenvalue weighted by Gasteiger charge is 1.96. The number of allylic oxidation sites excluding steroid dienone is 1. The van der Waals surface area contributed by atoms with Gasteiger partial charge in [0.1, 0.15) is 6.61 Å². The lowest BCUT2D eigenvalue weighted by atomic mass is 10.2. The molecular weight excluding hydrogens is 360 g/mol. The Kier molecular flexibility index (Phi) is 17.6. The number of rotatable bonds is 10. The lowest BCUT2D eigenvalue weighted by molar-refractivity contribution is -0.137. The first-order chi connectivity index (χ1) is 13.3. The molecule has 0 radical (unpaired) electrons. The summed E-state index contributed by atoms with van der Waals surface area (Å²) < 4.78 is 5.05. The molecule has 0 unspecified atom stereocenters. The summed E-state index contributed by atoms with van der Waals surface area (Å²) in [5.41, 5.74) is 8.18. The first-order valence-corrected chi connectivity index (χ1v) is 8.58. The summed E-state index contributed by atoms with van der Waals surface area (Å²) in [6.07, 6.45) is 7.86. The van der Waals surface area contributed by atoms with E-state index in [0.29, 0.717) is 12.3 Å². The molecule has 0 fully saturated rings. The highest BCUT2D eigenvalue weighted by Crippen LogP contribution is 2.05. The van der Waals surface area contributed by atoms with E-state index in [2.05, 4.69) is 24.4 Å². The van der Waals surface area contributed by atoms with Crippen LogP contribution in [0.25, 0.3) is 0 Å². The van der Waals surface area contributed by atoms with E-state index in [1.807, 2.05) is 31.2 Å². The van der Waals surface area contributed by atoms with Gasteiger partial charge in [-0.2, -0.15) is 0 Å². The average Bonchev–Trinajstić information content (AvgIpc) is 2.64. The van der Waals surface area contributed by atoms with Gasteiger partial charge in [-0.3, -0.25) is 9.59 Å². The maximum Gasteiger partial charge on any atom is 0.303 e. The number of hydrogen-bond acceptors (Lipinski definition) is 5. The maximum atomic E-state index is 10.1. The molecule has 1 aromatic carbocycles.